The van der Waals surface area contributed by atoms with Crippen molar-refractivity contribution in [1.82, 2.24) is 0 Å². The molecule has 0 spiro atoms. The monoisotopic (exact) mass is 378 g/mol. The molecule has 3 rings (SSSR count). The number of halogens is 1. The van der Waals surface area contributed by atoms with E-state index in [4.69, 9.17) is 4.74 Å². The Labute approximate surface area is 141 Å². The molecular weight excluding hydrogens is 364 g/mol. The van der Waals surface area contributed by atoms with Crippen molar-refractivity contribution < 1.29 is 24.2 Å². The zero-order chi connectivity index (χ0) is 16.8. The van der Waals surface area contributed by atoms with E-state index >= 15 is 0 Å². The van der Waals surface area contributed by atoms with E-state index in [0.717, 1.165) is 10.0 Å². The van der Waals surface area contributed by atoms with Crippen molar-refractivity contribution in [3.63, 3.8) is 0 Å². The average molecular weight is 379 g/mol. The van der Waals surface area contributed by atoms with Crippen LogP contribution in [0.5, 0.6) is 0 Å². The summed E-state index contributed by atoms with van der Waals surface area (Å²) < 4.78 is 5.99. The third kappa shape index (κ3) is 1.90. The predicted octanol–water partition coefficient (Wildman–Crippen LogP) is 1.57. The molecule has 0 unspecified atom stereocenters. The molecule has 1 aromatic rings. The van der Waals surface area contributed by atoms with E-state index in [2.05, 4.69) is 20.7 Å². The Kier molecular flexibility index (Phi) is 3.75. The number of ether oxygens (including phenoxy) is 1. The Morgan fingerprint density at radius 2 is 2.26 bits per heavy atom. The lowest BCUT2D eigenvalue weighted by Gasteiger charge is -2.42. The number of Topliss-reactive ketones (excluding diaryl/α,β-unsaturated/α-hetero) is 1. The molecule has 1 aromatic carbocycles. The summed E-state index contributed by atoms with van der Waals surface area (Å²) in [7, 11) is 0. The summed E-state index contributed by atoms with van der Waals surface area (Å²) in [4.78, 5) is 28.1. The Bertz CT molecular complexity index is 771. The van der Waals surface area contributed by atoms with Crippen LogP contribution in [0.3, 0.4) is 0 Å². The van der Waals surface area contributed by atoms with Gasteiger partial charge in [-0.15, -0.1) is 0 Å². The molecule has 1 saturated carbocycles. The molecule has 0 bridgehead atoms. The number of hydrogen-bond donors (Lipinski definition) is 1. The predicted molar refractivity (Wildman–Crippen MR) is 84.0 cm³/mol. The number of carbonyl (C=O) groups is 2. The van der Waals surface area contributed by atoms with Crippen LogP contribution in [0.1, 0.15) is 30.9 Å². The molecule has 2 aliphatic carbocycles. The number of esters is 1. The van der Waals surface area contributed by atoms with E-state index < -0.39 is 22.8 Å². The van der Waals surface area contributed by atoms with Crippen LogP contribution in [0.4, 0.5) is 0 Å². The first-order valence-corrected chi connectivity index (χ1v) is 8.15. The molecule has 2 atom stereocenters. The molecule has 0 radical (unpaired) electrons. The maximum absolute atomic E-state index is 12.8. The minimum Gasteiger partial charge on any atom is -0.465 e. The summed E-state index contributed by atoms with van der Waals surface area (Å²) in [6.07, 6.45) is 0.276. The fraction of sp³-hybridized carbons (Fsp3) is 0.438. The summed E-state index contributed by atoms with van der Waals surface area (Å²) in [5.74, 6) is -1.22. The number of nitrogens with zero attached hydrogens (tertiary/aromatic N) is 2. The second kappa shape index (κ2) is 5.37. The van der Waals surface area contributed by atoms with Gasteiger partial charge in [-0.3, -0.25) is 9.59 Å². The van der Waals surface area contributed by atoms with Crippen molar-refractivity contribution in [1.29, 1.82) is 0 Å². The summed E-state index contributed by atoms with van der Waals surface area (Å²) in [5, 5.41) is 11.2. The number of benzene rings is 1. The van der Waals surface area contributed by atoms with Crippen LogP contribution in [0.15, 0.2) is 22.7 Å². The SMILES string of the molecule is CCOC(=O)[C@@]12CC(=O)C(=[N+]=[N-])[C@]1(O)CCc1c(Br)cccc12. The van der Waals surface area contributed by atoms with Crippen molar-refractivity contribution in [2.75, 3.05) is 6.61 Å². The number of ketones is 1. The van der Waals surface area contributed by atoms with Crippen molar-refractivity contribution in [2.24, 2.45) is 0 Å². The summed E-state index contributed by atoms with van der Waals surface area (Å²) >= 11 is 3.46. The van der Waals surface area contributed by atoms with Crippen molar-refractivity contribution >= 4 is 33.4 Å². The molecule has 0 saturated heterocycles. The smallest absolute Gasteiger partial charge is 0.367 e. The third-order valence-corrected chi connectivity index (χ3v) is 5.57. The number of carbonyl (C=O) groups excluding carboxylic acids is 2. The van der Waals surface area contributed by atoms with Gasteiger partial charge in [0, 0.05) is 10.9 Å². The molecule has 23 heavy (non-hydrogen) atoms. The van der Waals surface area contributed by atoms with Gasteiger partial charge in [-0.05, 0) is 37.0 Å². The van der Waals surface area contributed by atoms with Gasteiger partial charge in [0.15, 0.2) is 5.60 Å². The second-order valence-electron chi connectivity index (χ2n) is 5.80. The molecule has 7 heteroatoms. The summed E-state index contributed by atoms with van der Waals surface area (Å²) in [6.45, 7) is 1.79. The quantitative estimate of drug-likeness (QED) is 0.479. The molecule has 0 aromatic heterocycles. The number of hydrogen-bond acceptors (Lipinski definition) is 4. The molecular formula is C16H15BrN2O4. The molecule has 6 nitrogen and oxygen atoms in total. The number of rotatable bonds is 2. The number of fused-ring (bicyclic) bond motifs is 3. The first-order valence-electron chi connectivity index (χ1n) is 7.35. The van der Waals surface area contributed by atoms with E-state index in [1.165, 1.54) is 0 Å². The average Bonchev–Trinajstić information content (AvgIpc) is 2.75. The van der Waals surface area contributed by atoms with Gasteiger partial charge in [-0.2, -0.15) is 4.79 Å². The normalized spacial score (nSPS) is 28.8. The maximum Gasteiger partial charge on any atom is 0.367 e. The lowest BCUT2D eigenvalue weighted by atomic mass is 9.61. The standard InChI is InChI=1S/C16H15BrN2O4/c1-2-23-14(21)15-8-12(20)13(19-18)16(15,22)7-6-9-10(15)4-3-5-11(9)17/h3-5,22H,2,6-8H2,1H3/t15-,16+/m0/s1. The first kappa shape index (κ1) is 16.1. The maximum atomic E-state index is 12.8. The fourth-order valence-corrected chi connectivity index (χ4v) is 4.38. The van der Waals surface area contributed by atoms with Gasteiger partial charge in [0.1, 0.15) is 5.41 Å². The highest BCUT2D eigenvalue weighted by atomic mass is 79.9. The van der Waals surface area contributed by atoms with Crippen molar-refractivity contribution in [3.8, 4) is 0 Å². The highest BCUT2D eigenvalue weighted by Gasteiger charge is 2.73. The Hall–Kier alpha value is -1.82. The van der Waals surface area contributed by atoms with Crippen LogP contribution >= 0.6 is 15.9 Å². The topological polar surface area (TPSA) is 100 Å². The van der Waals surface area contributed by atoms with Crippen LogP contribution in [0.25, 0.3) is 5.53 Å². The summed E-state index contributed by atoms with van der Waals surface area (Å²) in [5.41, 5.74) is 6.82. The van der Waals surface area contributed by atoms with Crippen molar-refractivity contribution in [3.05, 3.63) is 39.3 Å². The lowest BCUT2D eigenvalue weighted by Crippen LogP contribution is -2.59. The first-order chi connectivity index (χ1) is 10.9. The van der Waals surface area contributed by atoms with Crippen LogP contribution in [0, 0.1) is 0 Å². The molecule has 0 aliphatic heterocycles. The Morgan fingerprint density at radius 3 is 2.91 bits per heavy atom. The largest absolute Gasteiger partial charge is 0.465 e. The van der Waals surface area contributed by atoms with Gasteiger partial charge in [-0.1, -0.05) is 28.1 Å². The van der Waals surface area contributed by atoms with E-state index in [1.54, 1.807) is 19.1 Å². The third-order valence-electron chi connectivity index (χ3n) is 4.83. The molecule has 1 fully saturated rings. The van der Waals surface area contributed by atoms with Crippen LogP contribution in [-0.2, 0) is 26.2 Å². The minimum atomic E-state index is -1.86. The summed E-state index contributed by atoms with van der Waals surface area (Å²) in [6, 6.07) is 5.31. The highest BCUT2D eigenvalue weighted by Crippen LogP contribution is 2.53. The molecule has 0 amide bonds. The van der Waals surface area contributed by atoms with Crippen LogP contribution in [-0.4, -0.2) is 39.6 Å². The van der Waals surface area contributed by atoms with Gasteiger partial charge in [0.2, 0.25) is 5.78 Å². The van der Waals surface area contributed by atoms with E-state index in [-0.39, 0.29) is 25.2 Å². The fourth-order valence-electron chi connectivity index (χ4n) is 3.82. The van der Waals surface area contributed by atoms with Gasteiger partial charge < -0.3 is 15.4 Å². The molecule has 1 N–H and O–H groups in total. The number of aliphatic hydroxyl groups is 1. The minimum absolute atomic E-state index is 0.104. The van der Waals surface area contributed by atoms with Crippen molar-refractivity contribution in [2.45, 2.75) is 37.2 Å². The Balaban J connectivity index is 2.35. The van der Waals surface area contributed by atoms with Gasteiger partial charge >= 0.3 is 11.7 Å². The molecule has 120 valence electrons. The lowest BCUT2D eigenvalue weighted by molar-refractivity contribution is -0.160. The molecule has 2 aliphatic rings. The van der Waals surface area contributed by atoms with Gasteiger partial charge in [-0.25, -0.2) is 0 Å². The van der Waals surface area contributed by atoms with E-state index in [0.29, 0.717) is 12.0 Å². The second-order valence-corrected chi connectivity index (χ2v) is 6.65. The van der Waals surface area contributed by atoms with Gasteiger partial charge in [0.05, 0.1) is 6.61 Å². The molecule has 0 heterocycles. The van der Waals surface area contributed by atoms with Gasteiger partial charge in [0.25, 0.3) is 0 Å². The zero-order valence-electron chi connectivity index (χ0n) is 12.5. The highest BCUT2D eigenvalue weighted by molar-refractivity contribution is 9.10. The Morgan fingerprint density at radius 1 is 1.52 bits per heavy atom. The zero-order valence-corrected chi connectivity index (χ0v) is 14.1. The van der Waals surface area contributed by atoms with Crippen LogP contribution in [0.2, 0.25) is 0 Å². The van der Waals surface area contributed by atoms with E-state index in [1.807, 2.05) is 6.07 Å². The van der Waals surface area contributed by atoms with E-state index in [9.17, 15) is 20.2 Å². The van der Waals surface area contributed by atoms with Crippen LogP contribution < -0.4 is 0 Å².